The highest BCUT2D eigenvalue weighted by molar-refractivity contribution is 7.92. The number of ether oxygens (including phenoxy) is 1. The third kappa shape index (κ3) is 6.80. The van der Waals surface area contributed by atoms with Gasteiger partial charge in [-0.15, -0.1) is 0 Å². The van der Waals surface area contributed by atoms with Crippen LogP contribution in [0.3, 0.4) is 0 Å². The van der Waals surface area contributed by atoms with E-state index >= 15 is 0 Å². The van der Waals surface area contributed by atoms with Crippen molar-refractivity contribution in [2.75, 3.05) is 17.5 Å². The molecule has 0 saturated carbocycles. The van der Waals surface area contributed by atoms with Crippen molar-refractivity contribution >= 4 is 45.3 Å². The van der Waals surface area contributed by atoms with E-state index < -0.39 is 28.4 Å². The zero-order valence-corrected chi connectivity index (χ0v) is 19.4. The van der Waals surface area contributed by atoms with Gasteiger partial charge in [-0.05, 0) is 66.2 Å². The highest BCUT2D eigenvalue weighted by Gasteiger charge is 2.27. The van der Waals surface area contributed by atoms with Crippen LogP contribution in [-0.4, -0.2) is 39.6 Å². The maximum Gasteiger partial charge on any atom is 0.264 e. The van der Waals surface area contributed by atoms with Crippen molar-refractivity contribution in [2.24, 2.45) is 10.8 Å². The number of nitrogens with one attached hydrogen (secondary N) is 1. The van der Waals surface area contributed by atoms with Crippen molar-refractivity contribution in [3.8, 4) is 5.75 Å². The molecule has 0 saturated heterocycles. The van der Waals surface area contributed by atoms with E-state index in [1.54, 1.807) is 42.5 Å². The molecule has 3 aromatic rings. The molecule has 3 N–H and O–H groups in total. The summed E-state index contributed by atoms with van der Waals surface area (Å²) in [6.07, 6.45) is 1.38. The molecule has 34 heavy (non-hydrogen) atoms. The van der Waals surface area contributed by atoms with Gasteiger partial charge >= 0.3 is 0 Å². The molecule has 0 spiro atoms. The molecule has 0 aliphatic carbocycles. The van der Waals surface area contributed by atoms with E-state index in [0.717, 1.165) is 4.31 Å². The molecule has 11 heteroatoms. The summed E-state index contributed by atoms with van der Waals surface area (Å²) in [7, 11) is -4.02. The van der Waals surface area contributed by atoms with Crippen LogP contribution in [0, 0.1) is 0 Å². The number of benzene rings is 3. The van der Waals surface area contributed by atoms with E-state index in [1.807, 2.05) is 0 Å². The second-order valence-corrected chi connectivity index (χ2v) is 9.22. The van der Waals surface area contributed by atoms with Gasteiger partial charge in [0.15, 0.2) is 6.61 Å². The van der Waals surface area contributed by atoms with Gasteiger partial charge in [-0.1, -0.05) is 29.8 Å². The van der Waals surface area contributed by atoms with Crippen LogP contribution in [0.2, 0.25) is 5.02 Å². The van der Waals surface area contributed by atoms with Gasteiger partial charge in [-0.3, -0.25) is 13.9 Å². The summed E-state index contributed by atoms with van der Waals surface area (Å²) in [5.74, 6) is -0.785. The fourth-order valence-electron chi connectivity index (χ4n) is 2.79. The van der Waals surface area contributed by atoms with Gasteiger partial charge in [-0.25, -0.2) is 13.8 Å². The van der Waals surface area contributed by atoms with Crippen molar-refractivity contribution in [3.63, 3.8) is 0 Å². The Morgan fingerprint density at radius 2 is 1.65 bits per heavy atom. The molecule has 3 aromatic carbocycles. The zero-order valence-electron chi connectivity index (χ0n) is 17.8. The lowest BCUT2D eigenvalue weighted by molar-refractivity contribution is -0.120. The van der Waals surface area contributed by atoms with Gasteiger partial charge in [0.25, 0.3) is 21.8 Å². The normalized spacial score (nSPS) is 11.2. The molecular formula is C23H21ClN4O5S. The van der Waals surface area contributed by atoms with Gasteiger partial charge < -0.3 is 10.5 Å². The first-order valence-electron chi connectivity index (χ1n) is 9.92. The fraction of sp³-hybridized carbons (Fsp3) is 0.0870. The number of primary amides is 1. The van der Waals surface area contributed by atoms with E-state index in [4.69, 9.17) is 22.1 Å². The van der Waals surface area contributed by atoms with Crippen LogP contribution in [0.25, 0.3) is 0 Å². The van der Waals surface area contributed by atoms with Crippen molar-refractivity contribution < 1.29 is 22.7 Å². The summed E-state index contributed by atoms with van der Waals surface area (Å²) >= 11 is 5.93. The molecular weight excluding hydrogens is 480 g/mol. The molecule has 0 bridgehead atoms. The molecule has 176 valence electrons. The largest absolute Gasteiger partial charge is 0.484 e. The van der Waals surface area contributed by atoms with Gasteiger partial charge in [0.05, 0.1) is 16.8 Å². The number of sulfonamides is 1. The van der Waals surface area contributed by atoms with Crippen LogP contribution in [0.1, 0.15) is 5.56 Å². The number of hydrazone groups is 1. The number of amides is 2. The van der Waals surface area contributed by atoms with Crippen molar-refractivity contribution in [1.29, 1.82) is 0 Å². The van der Waals surface area contributed by atoms with Crippen molar-refractivity contribution in [3.05, 3.63) is 89.4 Å². The van der Waals surface area contributed by atoms with Gasteiger partial charge in [-0.2, -0.15) is 5.10 Å². The molecule has 9 nitrogen and oxygen atoms in total. The number of carbonyl (C=O) groups is 2. The highest BCUT2D eigenvalue weighted by atomic mass is 35.5. The predicted molar refractivity (Wildman–Crippen MR) is 129 cm³/mol. The minimum atomic E-state index is -4.02. The Hall–Kier alpha value is -3.89. The Bertz CT molecular complexity index is 1260. The lowest BCUT2D eigenvalue weighted by Gasteiger charge is -2.23. The Morgan fingerprint density at radius 1 is 1.00 bits per heavy atom. The maximum absolute atomic E-state index is 13.2. The first kappa shape index (κ1) is 24.7. The molecule has 0 unspecified atom stereocenters. The summed E-state index contributed by atoms with van der Waals surface area (Å²) in [4.78, 5) is 23.3. The molecule has 0 atom stereocenters. The number of nitrogens with zero attached hydrogens (tertiary/aromatic N) is 2. The van der Waals surface area contributed by atoms with Gasteiger partial charge in [0.2, 0.25) is 0 Å². The lowest BCUT2D eigenvalue weighted by atomic mass is 10.2. The van der Waals surface area contributed by atoms with Crippen LogP contribution < -0.4 is 20.2 Å². The van der Waals surface area contributed by atoms with E-state index in [-0.39, 0.29) is 17.2 Å². The van der Waals surface area contributed by atoms with Crippen molar-refractivity contribution in [2.45, 2.75) is 4.90 Å². The fourth-order valence-corrected chi connectivity index (χ4v) is 4.36. The topological polar surface area (TPSA) is 131 Å². The molecule has 3 rings (SSSR count). The van der Waals surface area contributed by atoms with Crippen LogP contribution in [0.4, 0.5) is 5.69 Å². The quantitative estimate of drug-likeness (QED) is 0.326. The average molecular weight is 501 g/mol. The average Bonchev–Trinajstić information content (AvgIpc) is 2.83. The molecule has 0 aromatic heterocycles. The predicted octanol–water partition coefficient (Wildman–Crippen LogP) is 2.55. The first-order chi connectivity index (χ1) is 16.3. The second kappa shape index (κ2) is 11.3. The molecule has 0 aliphatic rings. The van der Waals surface area contributed by atoms with E-state index in [0.29, 0.717) is 16.3 Å². The number of carbonyl (C=O) groups excluding carboxylic acids is 2. The number of rotatable bonds is 10. The minimum absolute atomic E-state index is 0.0416. The van der Waals surface area contributed by atoms with Crippen LogP contribution in [-0.2, 0) is 19.6 Å². The van der Waals surface area contributed by atoms with Crippen molar-refractivity contribution in [1.82, 2.24) is 5.43 Å². The Labute approximate surface area is 201 Å². The smallest absolute Gasteiger partial charge is 0.264 e. The number of hydrogen-bond acceptors (Lipinski definition) is 6. The Balaban J connectivity index is 1.71. The number of nitrogens with two attached hydrogens (primary N) is 1. The summed E-state index contributed by atoms with van der Waals surface area (Å²) < 4.78 is 32.6. The molecule has 0 heterocycles. The number of hydrogen-bond donors (Lipinski definition) is 2. The zero-order chi connectivity index (χ0) is 24.6. The van der Waals surface area contributed by atoms with Crippen LogP contribution in [0.5, 0.6) is 5.75 Å². The Kier molecular flexibility index (Phi) is 8.23. The standard InChI is InChI=1S/C23H21ClN4O5S/c24-18-8-10-19(11-9-18)28(34(31,32)21-4-2-1-3-5-21)15-23(30)27-26-14-17-6-12-20(13-7-17)33-16-22(25)29/h1-14H,15-16H2,(H2,25,29)(H,27,30)/b26-14+. The monoisotopic (exact) mass is 500 g/mol. The minimum Gasteiger partial charge on any atom is -0.484 e. The molecule has 2 amide bonds. The van der Waals surface area contributed by atoms with Gasteiger partial charge in [0.1, 0.15) is 12.3 Å². The molecule has 0 aliphatic heterocycles. The number of halogens is 1. The van der Waals surface area contributed by atoms with E-state index in [1.165, 1.54) is 42.6 Å². The highest BCUT2D eigenvalue weighted by Crippen LogP contribution is 2.25. The molecule has 0 fully saturated rings. The summed E-state index contributed by atoms with van der Waals surface area (Å²) in [5, 5.41) is 4.31. The Morgan fingerprint density at radius 3 is 2.26 bits per heavy atom. The van der Waals surface area contributed by atoms with Gasteiger partial charge in [0, 0.05) is 5.02 Å². The van der Waals surface area contributed by atoms with Crippen LogP contribution >= 0.6 is 11.6 Å². The van der Waals surface area contributed by atoms with E-state index in [9.17, 15) is 18.0 Å². The summed E-state index contributed by atoms with van der Waals surface area (Å²) in [5.41, 5.74) is 8.27. The summed E-state index contributed by atoms with van der Waals surface area (Å²) in [6, 6.07) is 20.4. The molecule has 0 radical (unpaired) electrons. The van der Waals surface area contributed by atoms with Crippen LogP contribution in [0.15, 0.2) is 88.9 Å². The third-order valence-corrected chi connectivity index (χ3v) is 6.44. The second-order valence-electron chi connectivity index (χ2n) is 6.92. The lowest BCUT2D eigenvalue weighted by Crippen LogP contribution is -2.39. The summed E-state index contributed by atoms with van der Waals surface area (Å²) in [6.45, 7) is -0.740. The SMILES string of the molecule is NC(=O)COc1ccc(/C=N/NC(=O)CN(c2ccc(Cl)cc2)S(=O)(=O)c2ccccc2)cc1. The van der Waals surface area contributed by atoms with E-state index in [2.05, 4.69) is 10.5 Å². The maximum atomic E-state index is 13.2. The third-order valence-electron chi connectivity index (χ3n) is 4.40. The number of anilines is 1. The first-order valence-corrected chi connectivity index (χ1v) is 11.7.